The molecule has 1 amide bonds. The van der Waals surface area contributed by atoms with Gasteiger partial charge in [0.2, 0.25) is 5.91 Å². The summed E-state index contributed by atoms with van der Waals surface area (Å²) in [4.78, 5) is 15.9. The Morgan fingerprint density at radius 1 is 1.43 bits per heavy atom. The molecule has 0 unspecified atom stereocenters. The summed E-state index contributed by atoms with van der Waals surface area (Å²) in [5, 5.41) is 11.7. The first-order chi connectivity index (χ1) is 10.1. The fourth-order valence-corrected chi connectivity index (χ4v) is 2.44. The Hall–Kier alpha value is -1.95. The molecule has 0 bridgehead atoms. The standard InChI is InChI=1S/C15H21N5O/c1-10-13-7-11(9-18-14(13)20(2)19-10)8-16-5-6-17-15(21)12-3-4-12/h7,9,12,16H,3-6,8H2,1-2H3,(H,17,21). The summed E-state index contributed by atoms with van der Waals surface area (Å²) in [5.74, 6) is 0.482. The van der Waals surface area contributed by atoms with Crippen LogP contribution in [0.15, 0.2) is 12.3 Å². The number of hydrogen-bond acceptors (Lipinski definition) is 4. The van der Waals surface area contributed by atoms with E-state index in [0.717, 1.165) is 48.2 Å². The van der Waals surface area contributed by atoms with Crippen LogP contribution in [-0.4, -0.2) is 33.8 Å². The zero-order chi connectivity index (χ0) is 14.8. The molecule has 21 heavy (non-hydrogen) atoms. The van der Waals surface area contributed by atoms with E-state index in [1.807, 2.05) is 20.2 Å². The number of carbonyl (C=O) groups is 1. The van der Waals surface area contributed by atoms with Gasteiger partial charge in [0.15, 0.2) is 5.65 Å². The van der Waals surface area contributed by atoms with Gasteiger partial charge in [-0.1, -0.05) is 0 Å². The van der Waals surface area contributed by atoms with Crippen LogP contribution in [-0.2, 0) is 18.4 Å². The van der Waals surface area contributed by atoms with Crippen molar-refractivity contribution >= 4 is 16.9 Å². The van der Waals surface area contributed by atoms with Crippen molar-refractivity contribution in [1.29, 1.82) is 0 Å². The third kappa shape index (κ3) is 3.21. The lowest BCUT2D eigenvalue weighted by Gasteiger charge is -2.06. The molecule has 6 heteroatoms. The van der Waals surface area contributed by atoms with Crippen molar-refractivity contribution in [2.75, 3.05) is 13.1 Å². The van der Waals surface area contributed by atoms with Crippen LogP contribution >= 0.6 is 0 Å². The summed E-state index contributed by atoms with van der Waals surface area (Å²) in [7, 11) is 1.91. The maximum atomic E-state index is 11.5. The second-order valence-corrected chi connectivity index (χ2v) is 5.67. The lowest BCUT2D eigenvalue weighted by Crippen LogP contribution is -2.32. The van der Waals surface area contributed by atoms with Gasteiger partial charge in [-0.25, -0.2) is 4.98 Å². The molecule has 1 aliphatic rings. The highest BCUT2D eigenvalue weighted by molar-refractivity contribution is 5.80. The molecule has 2 heterocycles. The lowest BCUT2D eigenvalue weighted by molar-refractivity contribution is -0.122. The molecule has 0 radical (unpaired) electrons. The number of fused-ring (bicyclic) bond motifs is 1. The number of nitrogens with zero attached hydrogens (tertiary/aromatic N) is 3. The highest BCUT2D eigenvalue weighted by Crippen LogP contribution is 2.28. The van der Waals surface area contributed by atoms with Crippen LogP contribution in [0.4, 0.5) is 0 Å². The van der Waals surface area contributed by atoms with E-state index in [9.17, 15) is 4.79 Å². The van der Waals surface area contributed by atoms with E-state index in [-0.39, 0.29) is 11.8 Å². The van der Waals surface area contributed by atoms with Crippen molar-refractivity contribution in [2.45, 2.75) is 26.3 Å². The van der Waals surface area contributed by atoms with Crippen LogP contribution in [0, 0.1) is 12.8 Å². The number of nitrogens with one attached hydrogen (secondary N) is 2. The topological polar surface area (TPSA) is 71.8 Å². The summed E-state index contributed by atoms with van der Waals surface area (Å²) >= 11 is 0. The average molecular weight is 287 g/mol. The second-order valence-electron chi connectivity index (χ2n) is 5.67. The van der Waals surface area contributed by atoms with Crippen molar-refractivity contribution in [3.05, 3.63) is 23.5 Å². The normalized spacial score (nSPS) is 14.6. The highest BCUT2D eigenvalue weighted by atomic mass is 16.2. The van der Waals surface area contributed by atoms with Crippen LogP contribution in [0.25, 0.3) is 11.0 Å². The maximum absolute atomic E-state index is 11.5. The van der Waals surface area contributed by atoms with Gasteiger partial charge in [0, 0.05) is 44.2 Å². The Labute approximate surface area is 123 Å². The van der Waals surface area contributed by atoms with Crippen LogP contribution in [0.5, 0.6) is 0 Å². The Kier molecular flexibility index (Phi) is 3.88. The number of pyridine rings is 1. The maximum Gasteiger partial charge on any atom is 0.223 e. The van der Waals surface area contributed by atoms with E-state index >= 15 is 0 Å². The predicted octanol–water partition coefficient (Wildman–Crippen LogP) is 0.893. The Morgan fingerprint density at radius 2 is 2.24 bits per heavy atom. The second kappa shape index (κ2) is 5.81. The third-order valence-corrected chi connectivity index (χ3v) is 3.80. The van der Waals surface area contributed by atoms with Gasteiger partial charge < -0.3 is 10.6 Å². The first-order valence-corrected chi connectivity index (χ1v) is 7.42. The minimum atomic E-state index is 0.200. The van der Waals surface area contributed by atoms with E-state index < -0.39 is 0 Å². The lowest BCUT2D eigenvalue weighted by atomic mass is 10.2. The zero-order valence-corrected chi connectivity index (χ0v) is 12.5. The minimum Gasteiger partial charge on any atom is -0.355 e. The predicted molar refractivity (Wildman–Crippen MR) is 80.7 cm³/mol. The van der Waals surface area contributed by atoms with Crippen LogP contribution in [0.2, 0.25) is 0 Å². The van der Waals surface area contributed by atoms with E-state index in [1.54, 1.807) is 4.68 Å². The molecular weight excluding hydrogens is 266 g/mol. The number of hydrogen-bond donors (Lipinski definition) is 2. The van der Waals surface area contributed by atoms with Gasteiger partial charge in [0.1, 0.15) is 0 Å². The quantitative estimate of drug-likeness (QED) is 0.774. The van der Waals surface area contributed by atoms with Crippen molar-refractivity contribution in [1.82, 2.24) is 25.4 Å². The fraction of sp³-hybridized carbons (Fsp3) is 0.533. The summed E-state index contributed by atoms with van der Waals surface area (Å²) in [6, 6.07) is 2.13. The van der Waals surface area contributed by atoms with Crippen LogP contribution in [0.1, 0.15) is 24.1 Å². The SMILES string of the molecule is Cc1nn(C)c2ncc(CNCCNC(=O)C3CC3)cc12. The number of rotatable bonds is 6. The molecule has 0 spiro atoms. The number of aromatic nitrogens is 3. The Balaban J connectivity index is 1.48. The molecule has 2 N–H and O–H groups in total. The minimum absolute atomic E-state index is 0.200. The van der Waals surface area contributed by atoms with Gasteiger partial charge in [0.05, 0.1) is 5.69 Å². The molecule has 2 aromatic rings. The van der Waals surface area contributed by atoms with Crippen molar-refractivity contribution in [3.63, 3.8) is 0 Å². The Bertz CT molecular complexity index is 659. The van der Waals surface area contributed by atoms with E-state index in [2.05, 4.69) is 26.8 Å². The molecule has 1 fully saturated rings. The molecule has 2 aromatic heterocycles. The van der Waals surface area contributed by atoms with Gasteiger partial charge >= 0.3 is 0 Å². The molecular formula is C15H21N5O. The first-order valence-electron chi connectivity index (χ1n) is 7.42. The van der Waals surface area contributed by atoms with Gasteiger partial charge in [-0.05, 0) is 31.4 Å². The van der Waals surface area contributed by atoms with Crippen LogP contribution < -0.4 is 10.6 Å². The number of carbonyl (C=O) groups excluding carboxylic acids is 1. The molecule has 3 rings (SSSR count). The molecule has 1 aliphatic carbocycles. The molecule has 112 valence electrons. The summed E-state index contributed by atoms with van der Waals surface area (Å²) < 4.78 is 1.80. The van der Waals surface area contributed by atoms with Crippen molar-refractivity contribution in [3.8, 4) is 0 Å². The van der Waals surface area contributed by atoms with E-state index in [4.69, 9.17) is 0 Å². The fourth-order valence-electron chi connectivity index (χ4n) is 2.44. The summed E-state index contributed by atoms with van der Waals surface area (Å²) in [6.45, 7) is 4.19. The molecule has 0 atom stereocenters. The summed E-state index contributed by atoms with van der Waals surface area (Å²) in [6.07, 6.45) is 3.98. The van der Waals surface area contributed by atoms with Gasteiger partial charge in [-0.2, -0.15) is 5.10 Å². The largest absolute Gasteiger partial charge is 0.355 e. The number of aryl methyl sites for hydroxylation is 2. The Morgan fingerprint density at radius 3 is 3.00 bits per heavy atom. The van der Waals surface area contributed by atoms with Crippen molar-refractivity contribution in [2.24, 2.45) is 13.0 Å². The van der Waals surface area contributed by atoms with Gasteiger partial charge in [-0.3, -0.25) is 9.48 Å². The summed E-state index contributed by atoms with van der Waals surface area (Å²) in [5.41, 5.74) is 3.04. The average Bonchev–Trinajstić information content (AvgIpc) is 3.27. The highest BCUT2D eigenvalue weighted by Gasteiger charge is 2.28. The van der Waals surface area contributed by atoms with Gasteiger partial charge in [0.25, 0.3) is 0 Å². The smallest absolute Gasteiger partial charge is 0.223 e. The van der Waals surface area contributed by atoms with E-state index in [0.29, 0.717) is 6.54 Å². The molecule has 6 nitrogen and oxygen atoms in total. The molecule has 1 saturated carbocycles. The van der Waals surface area contributed by atoms with E-state index in [1.165, 1.54) is 0 Å². The van der Waals surface area contributed by atoms with Crippen molar-refractivity contribution < 1.29 is 4.79 Å². The number of amides is 1. The molecule has 0 aromatic carbocycles. The molecule has 0 saturated heterocycles. The molecule has 0 aliphatic heterocycles. The van der Waals surface area contributed by atoms with Gasteiger partial charge in [-0.15, -0.1) is 0 Å². The zero-order valence-electron chi connectivity index (χ0n) is 12.5. The third-order valence-electron chi connectivity index (χ3n) is 3.80. The first kappa shape index (κ1) is 14.0. The van der Waals surface area contributed by atoms with Crippen LogP contribution in [0.3, 0.4) is 0 Å². The monoisotopic (exact) mass is 287 g/mol.